The van der Waals surface area contributed by atoms with Gasteiger partial charge in [-0.05, 0) is 51.9 Å². The van der Waals surface area contributed by atoms with Crippen LogP contribution in [0.1, 0.15) is 258 Å². The van der Waals surface area contributed by atoms with E-state index in [9.17, 15) is 19.0 Å². The minimum Gasteiger partial charge on any atom is -0.462 e. The molecule has 0 spiro atoms. The molecule has 0 fully saturated rings. The molecular weight excluding hydrogens is 760 g/mol. The third kappa shape index (κ3) is 45.9. The van der Waals surface area contributed by atoms with Crippen molar-refractivity contribution in [3.05, 3.63) is 24.3 Å². The van der Waals surface area contributed by atoms with Crippen molar-refractivity contribution in [3.8, 4) is 0 Å². The van der Waals surface area contributed by atoms with Gasteiger partial charge in [0.05, 0.1) is 13.2 Å². The van der Waals surface area contributed by atoms with E-state index in [0.717, 1.165) is 57.8 Å². The van der Waals surface area contributed by atoms with Gasteiger partial charge in [-0.2, -0.15) is 0 Å². The predicted molar refractivity (Wildman–Crippen MR) is 249 cm³/mol. The molecule has 2 unspecified atom stereocenters. The lowest BCUT2D eigenvalue weighted by molar-refractivity contribution is -0.161. The molecule has 1 N–H and O–H groups in total. The van der Waals surface area contributed by atoms with Gasteiger partial charge in [0.1, 0.15) is 6.61 Å². The van der Waals surface area contributed by atoms with Crippen LogP contribution in [-0.2, 0) is 32.7 Å². The molecule has 348 valence electrons. The number of hydrogen-bond donors (Lipinski definition) is 1. The zero-order valence-corrected chi connectivity index (χ0v) is 39.8. The monoisotopic (exact) mass is 855 g/mol. The maximum atomic E-state index is 12.6. The Kier molecular flexibility index (Phi) is 44.9. The summed E-state index contributed by atoms with van der Waals surface area (Å²) >= 11 is 0. The molecule has 0 rings (SSSR count). The second kappa shape index (κ2) is 46.0. The van der Waals surface area contributed by atoms with Gasteiger partial charge in [0, 0.05) is 12.8 Å². The number of carbonyl (C=O) groups is 2. The lowest BCUT2D eigenvalue weighted by atomic mass is 10.0. The Morgan fingerprint density at radius 3 is 1.24 bits per heavy atom. The van der Waals surface area contributed by atoms with E-state index in [4.69, 9.17) is 18.5 Å². The normalized spacial score (nSPS) is 13.4. The van der Waals surface area contributed by atoms with Crippen molar-refractivity contribution in [2.75, 3.05) is 19.8 Å². The van der Waals surface area contributed by atoms with Crippen LogP contribution >= 0.6 is 7.82 Å². The molecule has 0 radical (unpaired) electrons. The molecule has 0 heterocycles. The standard InChI is InChI=1S/C50H95O8P/c1-4-7-9-11-13-15-17-19-21-22-23-24-25-26-27-28-29-31-32-34-36-38-40-42-44-49(51)55-46-48(47-57-59(53,54)56-6-3)58-50(52)45-43-41-39-37-35-33-30-20-18-16-14-12-10-8-5-2/h14,16,20,30,48H,4-13,15,17-19,21-29,31-47H2,1-3H3,(H,53,54)/b16-14-,30-20-. The third-order valence-electron chi connectivity index (χ3n) is 11.0. The first-order chi connectivity index (χ1) is 28.8. The summed E-state index contributed by atoms with van der Waals surface area (Å²) < 4.78 is 32.7. The van der Waals surface area contributed by atoms with E-state index in [1.54, 1.807) is 6.92 Å². The molecule has 0 amide bonds. The summed E-state index contributed by atoms with van der Waals surface area (Å²) in [5.41, 5.74) is 0. The average molecular weight is 855 g/mol. The number of phosphoric acid groups is 1. The topological polar surface area (TPSA) is 108 Å². The Morgan fingerprint density at radius 1 is 0.458 bits per heavy atom. The van der Waals surface area contributed by atoms with Gasteiger partial charge in [-0.15, -0.1) is 0 Å². The van der Waals surface area contributed by atoms with Crippen molar-refractivity contribution < 1.29 is 37.6 Å². The van der Waals surface area contributed by atoms with Crippen LogP contribution in [0.3, 0.4) is 0 Å². The number of phosphoric ester groups is 1. The summed E-state index contributed by atoms with van der Waals surface area (Å²) in [6.45, 7) is 5.48. The molecule has 0 aliphatic rings. The van der Waals surface area contributed by atoms with Crippen LogP contribution in [0.25, 0.3) is 0 Å². The van der Waals surface area contributed by atoms with Gasteiger partial charge in [0.2, 0.25) is 0 Å². The number of unbranched alkanes of at least 4 members (excludes halogenated alkanes) is 31. The molecule has 0 saturated heterocycles. The zero-order valence-electron chi connectivity index (χ0n) is 38.9. The van der Waals surface area contributed by atoms with Crippen LogP contribution in [0, 0.1) is 0 Å². The van der Waals surface area contributed by atoms with Crippen molar-refractivity contribution in [2.45, 2.75) is 264 Å². The number of allylic oxidation sites excluding steroid dienone is 4. The van der Waals surface area contributed by atoms with E-state index in [-0.39, 0.29) is 25.6 Å². The highest BCUT2D eigenvalue weighted by Crippen LogP contribution is 2.43. The SMILES string of the molecule is CCCCC/C=C\C/C=C\CCCCCCCC(=O)OC(COC(=O)CCCCCCCCCCCCCCCCCCCCCCCCCC)COP(=O)(O)OCC. The minimum atomic E-state index is -4.28. The highest BCUT2D eigenvalue weighted by atomic mass is 31.2. The largest absolute Gasteiger partial charge is 0.472 e. The molecule has 9 heteroatoms. The van der Waals surface area contributed by atoms with E-state index >= 15 is 0 Å². The molecular formula is C50H95O8P. The van der Waals surface area contributed by atoms with E-state index < -0.39 is 26.5 Å². The lowest BCUT2D eigenvalue weighted by Gasteiger charge is -2.19. The van der Waals surface area contributed by atoms with Gasteiger partial charge < -0.3 is 14.4 Å². The maximum absolute atomic E-state index is 12.6. The van der Waals surface area contributed by atoms with Crippen LogP contribution in [0.2, 0.25) is 0 Å². The van der Waals surface area contributed by atoms with Gasteiger partial charge in [0.15, 0.2) is 6.10 Å². The second-order valence-electron chi connectivity index (χ2n) is 16.8. The molecule has 0 bridgehead atoms. The number of hydrogen-bond acceptors (Lipinski definition) is 7. The van der Waals surface area contributed by atoms with Gasteiger partial charge in [-0.3, -0.25) is 18.6 Å². The first-order valence-corrected chi connectivity index (χ1v) is 26.6. The molecule has 0 aromatic heterocycles. The van der Waals surface area contributed by atoms with Crippen molar-refractivity contribution in [1.29, 1.82) is 0 Å². The second-order valence-corrected chi connectivity index (χ2v) is 18.3. The minimum absolute atomic E-state index is 0.000366. The van der Waals surface area contributed by atoms with Gasteiger partial charge in [-0.1, -0.05) is 218 Å². The summed E-state index contributed by atoms with van der Waals surface area (Å²) in [6, 6.07) is 0. The molecule has 8 nitrogen and oxygen atoms in total. The summed E-state index contributed by atoms with van der Waals surface area (Å²) in [6.07, 6.45) is 52.5. The fraction of sp³-hybridized carbons (Fsp3) is 0.880. The Morgan fingerprint density at radius 2 is 0.814 bits per heavy atom. The predicted octanol–water partition coefficient (Wildman–Crippen LogP) is 16.2. The molecule has 0 aliphatic carbocycles. The molecule has 0 saturated carbocycles. The van der Waals surface area contributed by atoms with Crippen LogP contribution in [0.4, 0.5) is 0 Å². The smallest absolute Gasteiger partial charge is 0.462 e. The van der Waals surface area contributed by atoms with Crippen LogP contribution in [-0.4, -0.2) is 42.8 Å². The number of ether oxygens (including phenoxy) is 2. The fourth-order valence-corrected chi connectivity index (χ4v) is 8.06. The van der Waals surface area contributed by atoms with E-state index in [1.165, 1.54) is 161 Å². The maximum Gasteiger partial charge on any atom is 0.472 e. The highest BCUT2D eigenvalue weighted by molar-refractivity contribution is 7.47. The van der Waals surface area contributed by atoms with Crippen molar-refractivity contribution in [1.82, 2.24) is 0 Å². The first kappa shape index (κ1) is 57.5. The molecule has 0 aliphatic heterocycles. The lowest BCUT2D eigenvalue weighted by Crippen LogP contribution is -2.29. The number of carbonyl (C=O) groups excluding carboxylic acids is 2. The van der Waals surface area contributed by atoms with Crippen LogP contribution in [0.5, 0.6) is 0 Å². The van der Waals surface area contributed by atoms with Crippen LogP contribution in [0.15, 0.2) is 24.3 Å². The summed E-state index contributed by atoms with van der Waals surface area (Å²) in [5.74, 6) is -0.801. The number of esters is 2. The van der Waals surface area contributed by atoms with Gasteiger partial charge >= 0.3 is 19.8 Å². The fourth-order valence-electron chi connectivity index (χ4n) is 7.31. The van der Waals surface area contributed by atoms with Gasteiger partial charge in [0.25, 0.3) is 0 Å². The van der Waals surface area contributed by atoms with Crippen molar-refractivity contribution in [3.63, 3.8) is 0 Å². The van der Waals surface area contributed by atoms with E-state index in [2.05, 4.69) is 38.2 Å². The molecule has 0 aromatic carbocycles. The Bertz CT molecular complexity index is 1010. The van der Waals surface area contributed by atoms with E-state index in [1.807, 2.05) is 0 Å². The third-order valence-corrected chi connectivity index (χ3v) is 12.1. The molecule has 2 atom stereocenters. The Hall–Kier alpha value is -1.47. The highest BCUT2D eigenvalue weighted by Gasteiger charge is 2.25. The average Bonchev–Trinajstić information content (AvgIpc) is 3.22. The first-order valence-electron chi connectivity index (χ1n) is 25.1. The quantitative estimate of drug-likeness (QED) is 0.0279. The summed E-state index contributed by atoms with van der Waals surface area (Å²) in [4.78, 5) is 34.9. The Labute approximate surface area is 364 Å². The van der Waals surface area contributed by atoms with Crippen LogP contribution < -0.4 is 0 Å². The van der Waals surface area contributed by atoms with Crippen molar-refractivity contribution in [2.24, 2.45) is 0 Å². The molecule has 0 aromatic rings. The molecule has 59 heavy (non-hydrogen) atoms. The zero-order chi connectivity index (χ0) is 43.2. The van der Waals surface area contributed by atoms with Crippen molar-refractivity contribution >= 4 is 19.8 Å². The van der Waals surface area contributed by atoms with Gasteiger partial charge in [-0.25, -0.2) is 4.57 Å². The van der Waals surface area contributed by atoms with E-state index in [0.29, 0.717) is 12.8 Å². The summed E-state index contributed by atoms with van der Waals surface area (Å²) in [5, 5.41) is 0. The summed E-state index contributed by atoms with van der Waals surface area (Å²) in [7, 11) is -4.28. The Balaban J connectivity index is 3.92. The number of rotatable bonds is 47.